The summed E-state index contributed by atoms with van der Waals surface area (Å²) in [5, 5.41) is 6.23. The second-order valence-corrected chi connectivity index (χ2v) is 9.01. The van der Waals surface area contributed by atoms with E-state index in [0.29, 0.717) is 24.2 Å². The molecule has 0 amide bonds. The molecule has 0 aliphatic carbocycles. The first-order valence-corrected chi connectivity index (χ1v) is 12.3. The molecule has 0 spiro atoms. The summed E-state index contributed by atoms with van der Waals surface area (Å²) in [7, 11) is 0. The van der Waals surface area contributed by atoms with Crippen LogP contribution in [0.3, 0.4) is 0 Å². The van der Waals surface area contributed by atoms with Crippen LogP contribution in [0.25, 0.3) is 11.4 Å². The Bertz CT molecular complexity index is 1600. The van der Waals surface area contributed by atoms with Gasteiger partial charge in [-0.15, -0.1) is 0 Å². The van der Waals surface area contributed by atoms with E-state index in [0.717, 1.165) is 33.9 Å². The predicted octanol–water partition coefficient (Wildman–Crippen LogP) is 4.50. The maximum atomic E-state index is 12.9. The van der Waals surface area contributed by atoms with E-state index in [-0.39, 0.29) is 11.1 Å². The topological polar surface area (TPSA) is 100 Å². The number of hydrogen-bond acceptors (Lipinski definition) is 4. The van der Waals surface area contributed by atoms with Crippen LogP contribution in [0.4, 0.5) is 0 Å². The Morgan fingerprint density at radius 3 is 1.47 bits per heavy atom. The second kappa shape index (κ2) is 11.0. The fraction of sp³-hybridized carbons (Fsp3) is 0.133. The van der Waals surface area contributed by atoms with E-state index in [1.54, 1.807) is 12.4 Å². The lowest BCUT2D eigenvalue weighted by molar-refractivity contribution is 0.835. The molecule has 0 aliphatic rings. The zero-order chi connectivity index (χ0) is 26.5. The van der Waals surface area contributed by atoms with E-state index in [1.807, 2.05) is 98.8 Å². The molecule has 0 bridgehead atoms. The van der Waals surface area contributed by atoms with Gasteiger partial charge in [0.25, 0.3) is 11.1 Å². The fourth-order valence-corrected chi connectivity index (χ4v) is 4.25. The number of H-pyrrole nitrogens is 2. The number of aryl methyl sites for hydroxylation is 2. The number of aliphatic imine (C=N–C) groups is 2. The van der Waals surface area contributed by atoms with Crippen LogP contribution < -0.4 is 11.1 Å². The quantitative estimate of drug-likeness (QED) is 0.304. The van der Waals surface area contributed by atoms with Gasteiger partial charge < -0.3 is 0 Å². The van der Waals surface area contributed by atoms with Crippen molar-refractivity contribution < 1.29 is 0 Å². The number of nitrogens with one attached hydrogen (secondary N) is 2. The standard InChI is InChI=1S/C30H28N6O2/c1-21-27(29(37)35(33-21)25-12-5-3-6-13-25)19-31-17-23-10-9-11-24(16-23)18-32-20-28-22(2)34-36(30(28)38)26-14-7-4-8-15-26/h3-16,19-20,33-34H,17-18H2,1-2H3. The Labute approximate surface area is 219 Å². The summed E-state index contributed by atoms with van der Waals surface area (Å²) in [4.78, 5) is 34.7. The summed E-state index contributed by atoms with van der Waals surface area (Å²) in [6.45, 7) is 4.60. The van der Waals surface area contributed by atoms with E-state index in [1.165, 1.54) is 9.36 Å². The molecule has 8 heteroatoms. The van der Waals surface area contributed by atoms with Gasteiger partial charge in [-0.25, -0.2) is 9.36 Å². The van der Waals surface area contributed by atoms with Crippen molar-refractivity contribution in [3.8, 4) is 11.4 Å². The minimum atomic E-state index is -0.132. The van der Waals surface area contributed by atoms with Crippen LogP contribution in [-0.2, 0) is 13.1 Å². The third-order valence-corrected chi connectivity index (χ3v) is 6.24. The van der Waals surface area contributed by atoms with Crippen LogP contribution in [0, 0.1) is 13.8 Å². The molecular weight excluding hydrogens is 476 g/mol. The molecule has 0 aliphatic heterocycles. The Balaban J connectivity index is 1.26. The molecule has 2 heterocycles. The first-order valence-electron chi connectivity index (χ1n) is 12.3. The van der Waals surface area contributed by atoms with Gasteiger partial charge in [0.2, 0.25) is 0 Å². The number of nitrogens with zero attached hydrogens (tertiary/aromatic N) is 4. The molecule has 0 saturated carbocycles. The van der Waals surface area contributed by atoms with Crippen molar-refractivity contribution in [2.45, 2.75) is 26.9 Å². The van der Waals surface area contributed by atoms with Gasteiger partial charge in [0.1, 0.15) is 0 Å². The highest BCUT2D eigenvalue weighted by Gasteiger charge is 2.11. The van der Waals surface area contributed by atoms with Crippen molar-refractivity contribution in [3.05, 3.63) is 139 Å². The summed E-state index contributed by atoms with van der Waals surface area (Å²) in [6, 6.07) is 26.9. The first-order chi connectivity index (χ1) is 18.5. The Kier molecular flexibility index (Phi) is 7.13. The number of para-hydroxylation sites is 2. The number of aromatic nitrogens is 4. The minimum absolute atomic E-state index is 0.132. The first kappa shape index (κ1) is 24.7. The number of hydrogen-bond donors (Lipinski definition) is 2. The molecular formula is C30H28N6O2. The summed E-state index contributed by atoms with van der Waals surface area (Å²) < 4.78 is 3.05. The van der Waals surface area contributed by atoms with Crippen molar-refractivity contribution in [3.63, 3.8) is 0 Å². The van der Waals surface area contributed by atoms with Crippen LogP contribution in [0.15, 0.2) is 105 Å². The minimum Gasteiger partial charge on any atom is -0.295 e. The highest BCUT2D eigenvalue weighted by Crippen LogP contribution is 2.10. The summed E-state index contributed by atoms with van der Waals surface area (Å²) in [5.41, 5.74) is 5.91. The molecule has 5 aromatic rings. The van der Waals surface area contributed by atoms with Gasteiger partial charge >= 0.3 is 0 Å². The average molecular weight is 505 g/mol. The SMILES string of the molecule is Cc1[nH]n(-c2ccccc2)c(=O)c1C=NCc1cccc(CN=Cc2c(C)[nH]n(-c3ccccc3)c2=O)c1. The predicted molar refractivity (Wildman–Crippen MR) is 151 cm³/mol. The van der Waals surface area contributed by atoms with E-state index in [4.69, 9.17) is 0 Å². The van der Waals surface area contributed by atoms with Crippen LogP contribution in [0.2, 0.25) is 0 Å². The lowest BCUT2D eigenvalue weighted by atomic mass is 10.1. The molecule has 3 aromatic carbocycles. The van der Waals surface area contributed by atoms with Gasteiger partial charge in [-0.3, -0.25) is 29.8 Å². The summed E-state index contributed by atoms with van der Waals surface area (Å²) in [6.07, 6.45) is 3.26. The van der Waals surface area contributed by atoms with Crippen LogP contribution in [0.5, 0.6) is 0 Å². The maximum absolute atomic E-state index is 12.9. The van der Waals surface area contributed by atoms with Gasteiger partial charge in [-0.2, -0.15) is 0 Å². The molecule has 0 saturated heterocycles. The molecule has 0 fully saturated rings. The lowest BCUT2D eigenvalue weighted by Crippen LogP contribution is -2.17. The van der Waals surface area contributed by atoms with E-state index < -0.39 is 0 Å². The van der Waals surface area contributed by atoms with E-state index in [9.17, 15) is 9.59 Å². The zero-order valence-corrected chi connectivity index (χ0v) is 21.3. The highest BCUT2D eigenvalue weighted by molar-refractivity contribution is 5.81. The monoisotopic (exact) mass is 504 g/mol. The smallest absolute Gasteiger partial charge is 0.280 e. The largest absolute Gasteiger partial charge is 0.295 e. The van der Waals surface area contributed by atoms with E-state index in [2.05, 4.69) is 20.2 Å². The van der Waals surface area contributed by atoms with Crippen LogP contribution >= 0.6 is 0 Å². The molecule has 38 heavy (non-hydrogen) atoms. The van der Waals surface area contributed by atoms with Gasteiger partial charge in [-0.05, 0) is 49.2 Å². The van der Waals surface area contributed by atoms with Gasteiger partial charge in [-0.1, -0.05) is 60.7 Å². The molecule has 190 valence electrons. The Hall–Kier alpha value is -4.98. The molecule has 0 radical (unpaired) electrons. The third-order valence-electron chi connectivity index (χ3n) is 6.24. The molecule has 2 aromatic heterocycles. The molecule has 0 atom stereocenters. The molecule has 5 rings (SSSR count). The summed E-state index contributed by atoms with van der Waals surface area (Å²) in [5.74, 6) is 0. The van der Waals surface area contributed by atoms with Crippen molar-refractivity contribution in [2.75, 3.05) is 0 Å². The van der Waals surface area contributed by atoms with E-state index >= 15 is 0 Å². The Morgan fingerprint density at radius 2 is 1.05 bits per heavy atom. The van der Waals surface area contributed by atoms with Crippen molar-refractivity contribution in [1.82, 2.24) is 19.6 Å². The molecule has 0 unspecified atom stereocenters. The zero-order valence-electron chi connectivity index (χ0n) is 21.3. The van der Waals surface area contributed by atoms with Crippen LogP contribution in [0.1, 0.15) is 33.6 Å². The maximum Gasteiger partial charge on any atom is 0.280 e. The van der Waals surface area contributed by atoms with Gasteiger partial charge in [0.05, 0.1) is 35.6 Å². The Morgan fingerprint density at radius 1 is 0.632 bits per heavy atom. The number of benzene rings is 3. The fourth-order valence-electron chi connectivity index (χ4n) is 4.25. The van der Waals surface area contributed by atoms with Gasteiger partial charge in [0, 0.05) is 23.8 Å². The van der Waals surface area contributed by atoms with Crippen LogP contribution in [-0.4, -0.2) is 32.0 Å². The normalized spacial score (nSPS) is 11.6. The highest BCUT2D eigenvalue weighted by atomic mass is 16.1. The summed E-state index contributed by atoms with van der Waals surface area (Å²) >= 11 is 0. The molecule has 8 nitrogen and oxygen atoms in total. The number of rotatable bonds is 8. The average Bonchev–Trinajstić information content (AvgIpc) is 3.39. The lowest BCUT2D eigenvalue weighted by Gasteiger charge is -2.01. The van der Waals surface area contributed by atoms with Gasteiger partial charge in [0.15, 0.2) is 0 Å². The molecule has 2 N–H and O–H groups in total. The van der Waals surface area contributed by atoms with Crippen molar-refractivity contribution in [2.24, 2.45) is 9.98 Å². The third kappa shape index (κ3) is 5.24. The number of aromatic amines is 2. The second-order valence-electron chi connectivity index (χ2n) is 9.01. The van der Waals surface area contributed by atoms with Crippen molar-refractivity contribution in [1.29, 1.82) is 0 Å². The van der Waals surface area contributed by atoms with Crippen molar-refractivity contribution >= 4 is 12.4 Å².